The number of fused-ring (bicyclic) bond motifs is 2. The molecule has 166 valence electrons. The second kappa shape index (κ2) is 9.59. The lowest BCUT2D eigenvalue weighted by molar-refractivity contribution is 0.0954. The minimum atomic E-state index is -0.243. The fourth-order valence-electron chi connectivity index (χ4n) is 4.15. The normalized spacial score (nSPS) is 11.2. The Morgan fingerprint density at radius 3 is 2.29 bits per heavy atom. The number of hydrogen-bond acceptors (Lipinski definition) is 3. The minimum absolute atomic E-state index is 0.243. The van der Waals surface area contributed by atoms with Gasteiger partial charge in [-0.1, -0.05) is 91.0 Å². The molecule has 1 N–H and O–H groups in total. The highest BCUT2D eigenvalue weighted by molar-refractivity contribution is 6.03. The van der Waals surface area contributed by atoms with Crippen molar-refractivity contribution in [3.05, 3.63) is 125 Å². The van der Waals surface area contributed by atoms with Crippen LogP contribution in [0.25, 0.3) is 21.5 Å². The Balaban J connectivity index is 1.44. The summed E-state index contributed by atoms with van der Waals surface area (Å²) < 4.78 is 6.30. The smallest absolute Gasteiger partial charge is 0.271 e. The molecule has 5 rings (SSSR count). The van der Waals surface area contributed by atoms with Crippen molar-refractivity contribution in [1.29, 1.82) is 0 Å². The van der Waals surface area contributed by atoms with Crippen LogP contribution in [0.4, 0.5) is 0 Å². The number of hydrazone groups is 1. The molecule has 1 amide bonds. The predicted octanol–water partition coefficient (Wildman–Crippen LogP) is 6.64. The summed E-state index contributed by atoms with van der Waals surface area (Å²) in [6.07, 6.45) is 1.66. The topological polar surface area (TPSA) is 50.7 Å². The lowest BCUT2D eigenvalue weighted by Gasteiger charge is -2.13. The number of benzene rings is 5. The van der Waals surface area contributed by atoms with Gasteiger partial charge < -0.3 is 4.74 Å². The zero-order valence-electron chi connectivity index (χ0n) is 18.9. The number of rotatable bonds is 6. The molecule has 0 saturated heterocycles. The van der Waals surface area contributed by atoms with Gasteiger partial charge in [-0.2, -0.15) is 5.10 Å². The molecule has 0 unspecified atom stereocenters. The Bertz CT molecular complexity index is 1520. The molecule has 0 spiro atoms. The summed E-state index contributed by atoms with van der Waals surface area (Å²) in [6.45, 7) is 2.33. The SMILES string of the molecule is Cc1ccccc1C(=O)N/N=C\c1c(OCc2cccc3ccccc23)ccc2ccccc12. The molecule has 0 aliphatic rings. The van der Waals surface area contributed by atoms with Gasteiger partial charge in [0.2, 0.25) is 0 Å². The van der Waals surface area contributed by atoms with Crippen molar-refractivity contribution in [3.8, 4) is 5.75 Å². The molecule has 5 aromatic rings. The molecular weight excluding hydrogens is 420 g/mol. The van der Waals surface area contributed by atoms with Crippen LogP contribution >= 0.6 is 0 Å². The van der Waals surface area contributed by atoms with Crippen LogP contribution in [-0.4, -0.2) is 12.1 Å². The fraction of sp³-hybridized carbons (Fsp3) is 0.0667. The Kier molecular flexibility index (Phi) is 6.04. The predicted molar refractivity (Wildman–Crippen MR) is 138 cm³/mol. The molecule has 0 aromatic heterocycles. The molecule has 0 radical (unpaired) electrons. The van der Waals surface area contributed by atoms with E-state index in [0.29, 0.717) is 17.9 Å². The summed E-state index contributed by atoms with van der Waals surface area (Å²) in [7, 11) is 0. The number of nitrogens with zero attached hydrogens (tertiary/aromatic N) is 1. The fourth-order valence-corrected chi connectivity index (χ4v) is 4.15. The lowest BCUT2D eigenvalue weighted by atomic mass is 10.0. The quantitative estimate of drug-likeness (QED) is 0.236. The van der Waals surface area contributed by atoms with E-state index in [1.54, 1.807) is 12.3 Å². The van der Waals surface area contributed by atoms with Gasteiger partial charge >= 0.3 is 0 Å². The van der Waals surface area contributed by atoms with Gasteiger partial charge in [0, 0.05) is 11.1 Å². The summed E-state index contributed by atoms with van der Waals surface area (Å²) in [4.78, 5) is 12.6. The van der Waals surface area contributed by atoms with E-state index in [2.05, 4.69) is 34.8 Å². The summed E-state index contributed by atoms with van der Waals surface area (Å²) in [5.74, 6) is 0.466. The highest BCUT2D eigenvalue weighted by atomic mass is 16.5. The molecule has 0 atom stereocenters. The summed E-state index contributed by atoms with van der Waals surface area (Å²) in [5, 5.41) is 8.71. The molecule has 4 heteroatoms. The monoisotopic (exact) mass is 444 g/mol. The number of nitrogens with one attached hydrogen (secondary N) is 1. The van der Waals surface area contributed by atoms with Gasteiger partial charge in [0.05, 0.1) is 6.21 Å². The van der Waals surface area contributed by atoms with Crippen LogP contribution in [0, 0.1) is 6.92 Å². The van der Waals surface area contributed by atoms with Crippen molar-refractivity contribution in [1.82, 2.24) is 5.43 Å². The van der Waals surface area contributed by atoms with E-state index >= 15 is 0 Å². The molecule has 0 bridgehead atoms. The second-order valence-electron chi connectivity index (χ2n) is 8.14. The van der Waals surface area contributed by atoms with Crippen molar-refractivity contribution in [2.24, 2.45) is 5.10 Å². The average molecular weight is 445 g/mol. The highest BCUT2D eigenvalue weighted by Gasteiger charge is 2.10. The van der Waals surface area contributed by atoms with E-state index in [1.807, 2.05) is 79.7 Å². The molecular formula is C30H24N2O2. The van der Waals surface area contributed by atoms with E-state index in [1.165, 1.54) is 10.8 Å². The number of carbonyl (C=O) groups excluding carboxylic acids is 1. The number of aryl methyl sites for hydroxylation is 1. The third kappa shape index (κ3) is 4.39. The third-order valence-electron chi connectivity index (χ3n) is 5.94. The molecule has 0 saturated carbocycles. The highest BCUT2D eigenvalue weighted by Crippen LogP contribution is 2.28. The van der Waals surface area contributed by atoms with Gasteiger partial charge in [-0.15, -0.1) is 0 Å². The standard InChI is InChI=1S/C30H24N2O2/c1-21-9-2-5-14-25(21)30(33)32-31-19-28-27-16-7-4-11-23(27)17-18-29(28)34-20-24-13-8-12-22-10-3-6-15-26(22)24/h2-19H,20H2,1H3,(H,32,33)/b31-19-. The first-order valence-corrected chi connectivity index (χ1v) is 11.2. The van der Waals surface area contributed by atoms with Crippen molar-refractivity contribution in [3.63, 3.8) is 0 Å². The number of carbonyl (C=O) groups is 1. The first-order chi connectivity index (χ1) is 16.7. The van der Waals surface area contributed by atoms with Gasteiger partial charge in [0.15, 0.2) is 0 Å². The Morgan fingerprint density at radius 2 is 1.47 bits per heavy atom. The van der Waals surface area contributed by atoms with Gasteiger partial charge in [-0.05, 0) is 51.7 Å². The first-order valence-electron chi connectivity index (χ1n) is 11.2. The van der Waals surface area contributed by atoms with Crippen molar-refractivity contribution in [2.45, 2.75) is 13.5 Å². The van der Waals surface area contributed by atoms with Crippen molar-refractivity contribution >= 4 is 33.7 Å². The summed E-state index contributed by atoms with van der Waals surface area (Å²) >= 11 is 0. The Labute approximate surface area is 198 Å². The van der Waals surface area contributed by atoms with Crippen molar-refractivity contribution < 1.29 is 9.53 Å². The van der Waals surface area contributed by atoms with Crippen LogP contribution < -0.4 is 10.2 Å². The van der Waals surface area contributed by atoms with E-state index in [0.717, 1.165) is 27.5 Å². The Hall–Kier alpha value is -4.44. The maximum atomic E-state index is 12.6. The van der Waals surface area contributed by atoms with Crippen LogP contribution in [0.1, 0.15) is 27.0 Å². The largest absolute Gasteiger partial charge is 0.488 e. The van der Waals surface area contributed by atoms with Gasteiger partial charge in [-0.3, -0.25) is 4.79 Å². The second-order valence-corrected chi connectivity index (χ2v) is 8.14. The molecule has 0 fully saturated rings. The molecule has 0 heterocycles. The molecule has 4 nitrogen and oxygen atoms in total. The maximum absolute atomic E-state index is 12.6. The zero-order valence-corrected chi connectivity index (χ0v) is 18.9. The van der Waals surface area contributed by atoms with Crippen LogP contribution in [0.15, 0.2) is 108 Å². The first kappa shape index (κ1) is 21.4. The van der Waals surface area contributed by atoms with Crippen LogP contribution in [0.5, 0.6) is 5.75 Å². The third-order valence-corrected chi connectivity index (χ3v) is 5.94. The van der Waals surface area contributed by atoms with Crippen LogP contribution in [0.2, 0.25) is 0 Å². The van der Waals surface area contributed by atoms with Crippen LogP contribution in [-0.2, 0) is 6.61 Å². The Morgan fingerprint density at radius 1 is 0.794 bits per heavy atom. The van der Waals surface area contributed by atoms with Crippen molar-refractivity contribution in [2.75, 3.05) is 0 Å². The van der Waals surface area contributed by atoms with Gasteiger partial charge in [0.25, 0.3) is 5.91 Å². The van der Waals surface area contributed by atoms with Gasteiger partial charge in [0.1, 0.15) is 12.4 Å². The molecule has 0 aliphatic heterocycles. The number of ether oxygens (including phenoxy) is 1. The summed E-state index contributed by atoms with van der Waals surface area (Å²) in [6, 6.07) is 34.0. The van der Waals surface area contributed by atoms with E-state index in [-0.39, 0.29) is 5.91 Å². The molecule has 34 heavy (non-hydrogen) atoms. The molecule has 5 aromatic carbocycles. The molecule has 0 aliphatic carbocycles. The van der Waals surface area contributed by atoms with E-state index < -0.39 is 0 Å². The lowest BCUT2D eigenvalue weighted by Crippen LogP contribution is -2.18. The minimum Gasteiger partial charge on any atom is -0.488 e. The van der Waals surface area contributed by atoms with E-state index in [4.69, 9.17) is 4.74 Å². The summed E-state index contributed by atoms with van der Waals surface area (Å²) in [5.41, 5.74) is 6.09. The number of amides is 1. The van der Waals surface area contributed by atoms with Crippen LogP contribution in [0.3, 0.4) is 0 Å². The van der Waals surface area contributed by atoms with Gasteiger partial charge in [-0.25, -0.2) is 5.43 Å². The average Bonchev–Trinajstić information content (AvgIpc) is 2.88. The van der Waals surface area contributed by atoms with E-state index in [9.17, 15) is 4.79 Å². The maximum Gasteiger partial charge on any atom is 0.271 e. The number of hydrogen-bond donors (Lipinski definition) is 1. The zero-order chi connectivity index (χ0) is 23.3.